The van der Waals surface area contributed by atoms with Crippen molar-refractivity contribution < 1.29 is 9.90 Å². The highest BCUT2D eigenvalue weighted by atomic mass is 16.4. The van der Waals surface area contributed by atoms with E-state index in [1.807, 2.05) is 48.1 Å². The Morgan fingerprint density at radius 1 is 1.30 bits per heavy atom. The number of aromatic nitrogens is 2. The van der Waals surface area contributed by atoms with Crippen LogP contribution in [0.3, 0.4) is 0 Å². The van der Waals surface area contributed by atoms with E-state index in [1.54, 1.807) is 6.20 Å². The van der Waals surface area contributed by atoms with Gasteiger partial charge in [-0.25, -0.2) is 0 Å². The second-order valence-electron chi connectivity index (χ2n) is 4.69. The molecule has 0 aliphatic carbocycles. The minimum atomic E-state index is -0.775. The van der Waals surface area contributed by atoms with Gasteiger partial charge in [-0.05, 0) is 24.6 Å². The molecule has 0 amide bonds. The van der Waals surface area contributed by atoms with Gasteiger partial charge in [-0.2, -0.15) is 5.10 Å². The van der Waals surface area contributed by atoms with Crippen molar-refractivity contribution >= 4 is 11.7 Å². The summed E-state index contributed by atoms with van der Waals surface area (Å²) in [7, 11) is 0. The Morgan fingerprint density at radius 2 is 2.10 bits per heavy atom. The zero-order chi connectivity index (χ0) is 14.4. The van der Waals surface area contributed by atoms with Crippen LogP contribution >= 0.6 is 0 Å². The van der Waals surface area contributed by atoms with E-state index in [9.17, 15) is 4.79 Å². The van der Waals surface area contributed by atoms with Gasteiger partial charge in [-0.15, -0.1) is 0 Å². The van der Waals surface area contributed by atoms with Gasteiger partial charge in [-0.1, -0.05) is 18.2 Å². The molecule has 0 fully saturated rings. The number of nitrogens with zero attached hydrogens (tertiary/aromatic N) is 3. The van der Waals surface area contributed by atoms with E-state index in [-0.39, 0.29) is 6.42 Å². The van der Waals surface area contributed by atoms with Crippen molar-refractivity contribution in [3.63, 3.8) is 0 Å². The van der Waals surface area contributed by atoms with Crippen LogP contribution in [0.4, 0.5) is 5.69 Å². The Balaban J connectivity index is 2.07. The molecule has 0 saturated heterocycles. The minimum absolute atomic E-state index is 0.132. The fourth-order valence-electron chi connectivity index (χ4n) is 2.16. The number of carboxylic acids is 1. The molecule has 0 atom stereocenters. The molecule has 0 bridgehead atoms. The topological polar surface area (TPSA) is 58.4 Å². The van der Waals surface area contributed by atoms with Gasteiger partial charge in [0, 0.05) is 31.2 Å². The minimum Gasteiger partial charge on any atom is -0.481 e. The average Bonchev–Trinajstić information content (AvgIpc) is 2.93. The molecule has 5 nitrogen and oxygen atoms in total. The van der Waals surface area contributed by atoms with E-state index in [0.29, 0.717) is 6.54 Å². The van der Waals surface area contributed by atoms with E-state index in [0.717, 1.165) is 24.3 Å². The van der Waals surface area contributed by atoms with Crippen molar-refractivity contribution in [2.24, 2.45) is 0 Å². The monoisotopic (exact) mass is 273 g/mol. The van der Waals surface area contributed by atoms with Gasteiger partial charge < -0.3 is 10.0 Å². The summed E-state index contributed by atoms with van der Waals surface area (Å²) in [4.78, 5) is 12.9. The van der Waals surface area contributed by atoms with Gasteiger partial charge in [-0.3, -0.25) is 9.48 Å². The highest BCUT2D eigenvalue weighted by Crippen LogP contribution is 2.19. The number of aliphatic carboxylic acids is 1. The smallest absolute Gasteiger partial charge is 0.305 e. The molecule has 5 heteroatoms. The first kappa shape index (κ1) is 14.1. The van der Waals surface area contributed by atoms with Crippen molar-refractivity contribution in [2.45, 2.75) is 19.9 Å². The van der Waals surface area contributed by atoms with Crippen LogP contribution in [-0.4, -0.2) is 33.9 Å². The molecule has 0 saturated carbocycles. The molecule has 2 rings (SSSR count). The Morgan fingerprint density at radius 3 is 2.75 bits per heavy atom. The highest BCUT2D eigenvalue weighted by molar-refractivity contribution is 5.68. The lowest BCUT2D eigenvalue weighted by Gasteiger charge is -2.26. The van der Waals surface area contributed by atoms with Gasteiger partial charge in [0.2, 0.25) is 0 Å². The van der Waals surface area contributed by atoms with Crippen LogP contribution in [0.2, 0.25) is 0 Å². The van der Waals surface area contributed by atoms with Crippen LogP contribution in [0.15, 0.2) is 42.7 Å². The van der Waals surface area contributed by atoms with E-state index < -0.39 is 5.97 Å². The van der Waals surface area contributed by atoms with Crippen molar-refractivity contribution in [1.29, 1.82) is 0 Å². The van der Waals surface area contributed by atoms with E-state index >= 15 is 0 Å². The largest absolute Gasteiger partial charge is 0.481 e. The maximum Gasteiger partial charge on any atom is 0.305 e. The lowest BCUT2D eigenvalue weighted by molar-refractivity contribution is -0.136. The first-order chi connectivity index (χ1) is 9.66. The number of carboxylic acid groups (broad SMARTS) is 1. The predicted octanol–water partition coefficient (Wildman–Crippen LogP) is 2.17. The molecule has 1 aromatic carbocycles. The summed E-state index contributed by atoms with van der Waals surface area (Å²) in [6, 6.07) is 9.92. The number of hydrogen-bond acceptors (Lipinski definition) is 3. The Bertz CT molecular complexity index is 552. The summed E-state index contributed by atoms with van der Waals surface area (Å²) in [6.45, 7) is 4.01. The molecule has 0 radical (unpaired) electrons. The Labute approximate surface area is 118 Å². The number of anilines is 1. The van der Waals surface area contributed by atoms with Crippen LogP contribution in [0.5, 0.6) is 0 Å². The van der Waals surface area contributed by atoms with Crippen LogP contribution < -0.4 is 4.90 Å². The molecule has 0 aliphatic heterocycles. The number of para-hydroxylation sites is 1. The molecule has 2 aromatic rings. The third-order valence-electron chi connectivity index (χ3n) is 3.21. The summed E-state index contributed by atoms with van der Waals surface area (Å²) in [5, 5.41) is 13.1. The van der Waals surface area contributed by atoms with E-state index in [2.05, 4.69) is 10.00 Å². The number of rotatable bonds is 7. The van der Waals surface area contributed by atoms with Crippen molar-refractivity contribution in [3.05, 3.63) is 48.3 Å². The van der Waals surface area contributed by atoms with Crippen molar-refractivity contribution in [2.75, 3.05) is 18.0 Å². The van der Waals surface area contributed by atoms with Crippen LogP contribution in [0, 0.1) is 6.92 Å². The summed E-state index contributed by atoms with van der Waals surface area (Å²) in [5.74, 6) is -0.775. The maximum absolute atomic E-state index is 10.8. The number of aryl methyl sites for hydroxylation is 1. The Hall–Kier alpha value is -2.30. The third-order valence-corrected chi connectivity index (χ3v) is 3.21. The van der Waals surface area contributed by atoms with Crippen LogP contribution in [-0.2, 0) is 11.3 Å². The normalized spacial score (nSPS) is 10.4. The fourth-order valence-corrected chi connectivity index (χ4v) is 2.16. The van der Waals surface area contributed by atoms with Crippen LogP contribution in [0.25, 0.3) is 0 Å². The van der Waals surface area contributed by atoms with Gasteiger partial charge in [0.15, 0.2) is 0 Å². The zero-order valence-electron chi connectivity index (χ0n) is 11.6. The van der Waals surface area contributed by atoms with Gasteiger partial charge in [0.1, 0.15) is 0 Å². The first-order valence-corrected chi connectivity index (χ1v) is 6.66. The van der Waals surface area contributed by atoms with Crippen molar-refractivity contribution in [1.82, 2.24) is 9.78 Å². The maximum atomic E-state index is 10.8. The van der Waals surface area contributed by atoms with Crippen LogP contribution in [0.1, 0.15) is 12.0 Å². The van der Waals surface area contributed by atoms with Crippen molar-refractivity contribution in [3.8, 4) is 0 Å². The summed E-state index contributed by atoms with van der Waals surface area (Å²) < 4.78 is 1.85. The lowest BCUT2D eigenvalue weighted by Crippen LogP contribution is -2.30. The fraction of sp³-hybridized carbons (Fsp3) is 0.333. The summed E-state index contributed by atoms with van der Waals surface area (Å²) >= 11 is 0. The third kappa shape index (κ3) is 3.85. The van der Waals surface area contributed by atoms with Gasteiger partial charge in [0.25, 0.3) is 0 Å². The lowest BCUT2D eigenvalue weighted by atomic mass is 10.1. The van der Waals surface area contributed by atoms with E-state index in [4.69, 9.17) is 5.11 Å². The highest BCUT2D eigenvalue weighted by Gasteiger charge is 2.10. The number of hydrogen-bond donors (Lipinski definition) is 1. The summed E-state index contributed by atoms with van der Waals surface area (Å²) in [5.41, 5.74) is 2.24. The molecular formula is C15H19N3O2. The molecule has 1 N–H and O–H groups in total. The molecule has 0 aliphatic rings. The molecule has 1 aromatic heterocycles. The SMILES string of the molecule is Cc1ccccc1N(CCC(=O)O)CCn1cccn1. The molecule has 106 valence electrons. The first-order valence-electron chi connectivity index (χ1n) is 6.66. The number of benzene rings is 1. The van der Waals surface area contributed by atoms with Gasteiger partial charge >= 0.3 is 5.97 Å². The average molecular weight is 273 g/mol. The summed E-state index contributed by atoms with van der Waals surface area (Å²) in [6.07, 6.45) is 3.79. The van der Waals surface area contributed by atoms with Gasteiger partial charge in [0.05, 0.1) is 13.0 Å². The standard InChI is InChI=1S/C15H19N3O2/c1-13-5-2-3-6-14(13)17(10-7-15(19)20)11-12-18-9-4-8-16-18/h2-6,8-9H,7,10-12H2,1H3,(H,19,20). The van der Waals surface area contributed by atoms with E-state index in [1.165, 1.54) is 0 Å². The quantitative estimate of drug-likeness (QED) is 0.840. The molecule has 0 unspecified atom stereocenters. The predicted molar refractivity (Wildman–Crippen MR) is 77.9 cm³/mol. The second-order valence-corrected chi connectivity index (χ2v) is 4.69. The molecular weight excluding hydrogens is 254 g/mol. The Kier molecular flexibility index (Phi) is 4.76. The number of carbonyl (C=O) groups is 1. The second kappa shape index (κ2) is 6.75. The zero-order valence-corrected chi connectivity index (χ0v) is 11.6. The molecule has 20 heavy (non-hydrogen) atoms. The molecule has 0 spiro atoms. The molecule has 1 heterocycles.